The van der Waals surface area contributed by atoms with E-state index < -0.39 is 23.4 Å². The number of aromatic nitrogens is 2. The molecule has 0 spiro atoms. The van der Waals surface area contributed by atoms with Crippen LogP contribution in [0.25, 0.3) is 0 Å². The third kappa shape index (κ3) is 4.23. The third-order valence-corrected chi connectivity index (χ3v) is 4.09. The number of benzene rings is 1. The van der Waals surface area contributed by atoms with Crippen LogP contribution in [0.1, 0.15) is 33.7 Å². The summed E-state index contributed by atoms with van der Waals surface area (Å²) in [6.07, 6.45) is 3.08. The molecule has 7 nitrogen and oxygen atoms in total. The molecule has 1 saturated heterocycles. The average Bonchev–Trinajstić information content (AvgIpc) is 2.95. The van der Waals surface area contributed by atoms with E-state index in [1.54, 1.807) is 7.05 Å². The fourth-order valence-corrected chi connectivity index (χ4v) is 2.85. The predicted molar refractivity (Wildman–Crippen MR) is 90.9 cm³/mol. The van der Waals surface area contributed by atoms with Gasteiger partial charge in [0.1, 0.15) is 11.6 Å². The largest absolute Gasteiger partial charge is 0.348 e. The summed E-state index contributed by atoms with van der Waals surface area (Å²) in [6.45, 7) is 1.64. The maximum absolute atomic E-state index is 13.3. The zero-order valence-electron chi connectivity index (χ0n) is 14.2. The van der Waals surface area contributed by atoms with Crippen LogP contribution in [0.15, 0.2) is 24.4 Å². The second-order valence-corrected chi connectivity index (χ2v) is 6.18. The minimum absolute atomic E-state index is 0.0339. The molecule has 1 aliphatic heterocycles. The second kappa shape index (κ2) is 7.61. The van der Waals surface area contributed by atoms with Gasteiger partial charge in [0.05, 0.1) is 5.69 Å². The summed E-state index contributed by atoms with van der Waals surface area (Å²) in [5, 5.41) is 12.7. The van der Waals surface area contributed by atoms with Gasteiger partial charge in [-0.1, -0.05) is 0 Å². The van der Waals surface area contributed by atoms with E-state index in [2.05, 4.69) is 21.0 Å². The number of nitrogens with zero attached hydrogens (tertiary/aromatic N) is 2. The fourth-order valence-electron chi connectivity index (χ4n) is 2.85. The molecule has 26 heavy (non-hydrogen) atoms. The normalized spacial score (nSPS) is 14.9. The van der Waals surface area contributed by atoms with Crippen LogP contribution in [0.5, 0.6) is 0 Å². The summed E-state index contributed by atoms with van der Waals surface area (Å²) < 4.78 is 28.0. The summed E-state index contributed by atoms with van der Waals surface area (Å²) in [4.78, 5) is 24.8. The lowest BCUT2D eigenvalue weighted by Gasteiger charge is -2.23. The minimum atomic E-state index is -0.856. The molecule has 2 aromatic rings. The van der Waals surface area contributed by atoms with Crippen molar-refractivity contribution >= 4 is 17.5 Å². The van der Waals surface area contributed by atoms with E-state index in [4.69, 9.17) is 0 Å². The van der Waals surface area contributed by atoms with Crippen molar-refractivity contribution in [2.24, 2.45) is 7.05 Å². The van der Waals surface area contributed by atoms with Crippen molar-refractivity contribution < 1.29 is 18.4 Å². The van der Waals surface area contributed by atoms with Gasteiger partial charge in [-0.3, -0.25) is 14.3 Å². The molecule has 1 aromatic heterocycles. The summed E-state index contributed by atoms with van der Waals surface area (Å²) in [6, 6.07) is 2.55. The average molecular weight is 363 g/mol. The van der Waals surface area contributed by atoms with Gasteiger partial charge in [0.15, 0.2) is 5.69 Å². The SMILES string of the molecule is Cn1cc(NC(=O)c2cc(F)cc(F)c2)c(C(=O)NC2CCNCC2)n1. The van der Waals surface area contributed by atoms with Crippen LogP contribution in [0, 0.1) is 11.6 Å². The Kier molecular flexibility index (Phi) is 5.27. The van der Waals surface area contributed by atoms with Crippen molar-refractivity contribution in [3.8, 4) is 0 Å². The van der Waals surface area contributed by atoms with Gasteiger partial charge in [-0.25, -0.2) is 8.78 Å². The van der Waals surface area contributed by atoms with Crippen molar-refractivity contribution in [2.75, 3.05) is 18.4 Å². The molecule has 1 fully saturated rings. The highest BCUT2D eigenvalue weighted by Crippen LogP contribution is 2.17. The van der Waals surface area contributed by atoms with E-state index in [9.17, 15) is 18.4 Å². The fraction of sp³-hybridized carbons (Fsp3) is 0.353. The third-order valence-electron chi connectivity index (χ3n) is 4.09. The lowest BCUT2D eigenvalue weighted by molar-refractivity contribution is 0.0924. The van der Waals surface area contributed by atoms with E-state index in [0.29, 0.717) is 6.07 Å². The number of hydrogen-bond donors (Lipinski definition) is 3. The number of carbonyl (C=O) groups is 2. The predicted octanol–water partition coefficient (Wildman–Crippen LogP) is 1.43. The molecule has 9 heteroatoms. The number of halogens is 2. The van der Waals surface area contributed by atoms with Gasteiger partial charge in [-0.15, -0.1) is 0 Å². The number of amides is 2. The van der Waals surface area contributed by atoms with Gasteiger partial charge in [-0.05, 0) is 38.1 Å². The number of carbonyl (C=O) groups excluding carboxylic acids is 2. The number of hydrogen-bond acceptors (Lipinski definition) is 4. The van der Waals surface area contributed by atoms with Crippen LogP contribution in [0.3, 0.4) is 0 Å². The molecule has 1 aliphatic rings. The topological polar surface area (TPSA) is 88.0 Å². The number of piperidine rings is 1. The van der Waals surface area contributed by atoms with Crippen LogP contribution < -0.4 is 16.0 Å². The molecule has 138 valence electrons. The molecule has 0 aliphatic carbocycles. The van der Waals surface area contributed by atoms with Gasteiger partial charge in [0.25, 0.3) is 11.8 Å². The molecular formula is C17H19F2N5O2. The highest BCUT2D eigenvalue weighted by molar-refractivity contribution is 6.08. The molecule has 0 saturated carbocycles. The Bertz CT molecular complexity index is 810. The lowest BCUT2D eigenvalue weighted by Crippen LogP contribution is -2.43. The summed E-state index contributed by atoms with van der Waals surface area (Å²) >= 11 is 0. The van der Waals surface area contributed by atoms with Crippen LogP contribution in [0.4, 0.5) is 14.5 Å². The first kappa shape index (κ1) is 18.0. The second-order valence-electron chi connectivity index (χ2n) is 6.18. The first-order valence-electron chi connectivity index (χ1n) is 8.25. The minimum Gasteiger partial charge on any atom is -0.348 e. The molecule has 2 amide bonds. The first-order chi connectivity index (χ1) is 12.4. The van der Waals surface area contributed by atoms with Gasteiger partial charge < -0.3 is 16.0 Å². The molecule has 2 heterocycles. The maximum atomic E-state index is 13.3. The molecule has 0 bridgehead atoms. The number of anilines is 1. The Balaban J connectivity index is 1.75. The van der Waals surface area contributed by atoms with E-state index in [1.807, 2.05) is 0 Å². The standard InChI is InChI=1S/C17H19F2N5O2/c1-24-9-14(22-16(25)10-6-11(18)8-12(19)7-10)15(23-24)17(26)21-13-2-4-20-5-3-13/h6-9,13,20H,2-5H2,1H3,(H,21,26)(H,22,25). The van der Waals surface area contributed by atoms with Crippen molar-refractivity contribution in [3.05, 3.63) is 47.3 Å². The Morgan fingerprint density at radius 3 is 2.46 bits per heavy atom. The van der Waals surface area contributed by atoms with Gasteiger partial charge in [0.2, 0.25) is 0 Å². The quantitative estimate of drug-likeness (QED) is 0.767. The Morgan fingerprint density at radius 2 is 1.81 bits per heavy atom. The summed E-state index contributed by atoms with van der Waals surface area (Å²) in [7, 11) is 1.61. The van der Waals surface area contributed by atoms with Gasteiger partial charge >= 0.3 is 0 Å². The smallest absolute Gasteiger partial charge is 0.274 e. The Hall–Kier alpha value is -2.81. The monoisotopic (exact) mass is 363 g/mol. The number of nitrogens with one attached hydrogen (secondary N) is 3. The molecule has 1 aromatic carbocycles. The molecule has 0 unspecified atom stereocenters. The van der Waals surface area contributed by atoms with Crippen molar-refractivity contribution in [1.82, 2.24) is 20.4 Å². The van der Waals surface area contributed by atoms with E-state index in [0.717, 1.165) is 38.1 Å². The highest BCUT2D eigenvalue weighted by Gasteiger charge is 2.22. The summed E-state index contributed by atoms with van der Waals surface area (Å²) in [5.74, 6) is -2.85. The molecule has 3 N–H and O–H groups in total. The zero-order chi connectivity index (χ0) is 18.7. The number of aryl methyl sites for hydroxylation is 1. The van der Waals surface area contributed by atoms with E-state index in [1.165, 1.54) is 10.9 Å². The Labute approximate surface area is 148 Å². The lowest BCUT2D eigenvalue weighted by atomic mass is 10.1. The Morgan fingerprint density at radius 1 is 1.15 bits per heavy atom. The van der Waals surface area contributed by atoms with Crippen molar-refractivity contribution in [2.45, 2.75) is 18.9 Å². The molecule has 3 rings (SSSR count). The van der Waals surface area contributed by atoms with Crippen molar-refractivity contribution in [3.63, 3.8) is 0 Å². The molecule has 0 radical (unpaired) electrons. The van der Waals surface area contributed by atoms with E-state index >= 15 is 0 Å². The van der Waals surface area contributed by atoms with Gasteiger partial charge in [0, 0.05) is 30.9 Å². The maximum Gasteiger partial charge on any atom is 0.274 e. The summed E-state index contributed by atoms with van der Waals surface area (Å²) in [5.41, 5.74) is 0.0425. The van der Waals surface area contributed by atoms with Gasteiger partial charge in [-0.2, -0.15) is 5.10 Å². The zero-order valence-corrected chi connectivity index (χ0v) is 14.2. The highest BCUT2D eigenvalue weighted by atomic mass is 19.1. The number of rotatable bonds is 4. The van der Waals surface area contributed by atoms with Crippen LogP contribution in [-0.4, -0.2) is 40.7 Å². The molecular weight excluding hydrogens is 344 g/mol. The molecule has 0 atom stereocenters. The van der Waals surface area contributed by atoms with Crippen LogP contribution in [0.2, 0.25) is 0 Å². The van der Waals surface area contributed by atoms with Crippen LogP contribution in [-0.2, 0) is 7.05 Å². The van der Waals surface area contributed by atoms with Crippen LogP contribution >= 0.6 is 0 Å². The van der Waals surface area contributed by atoms with Crippen molar-refractivity contribution in [1.29, 1.82) is 0 Å². The van der Waals surface area contributed by atoms with E-state index in [-0.39, 0.29) is 23.0 Å². The first-order valence-corrected chi connectivity index (χ1v) is 8.25.